The second kappa shape index (κ2) is 12.8. The van der Waals surface area contributed by atoms with Crippen molar-refractivity contribution < 1.29 is 4.74 Å². The quantitative estimate of drug-likeness (QED) is 0.355. The van der Waals surface area contributed by atoms with Crippen LogP contribution in [0.2, 0.25) is 0 Å². The van der Waals surface area contributed by atoms with E-state index in [1.165, 1.54) is 74.0 Å². The SMILES string of the molecule is CC/C(=C\OC)CN(CCN1CCC(CCc2ccccc2)CC1)C(=C1CC1)c1cccnc1. The molecule has 4 nitrogen and oxygen atoms in total. The van der Waals surface area contributed by atoms with Gasteiger partial charge in [0.2, 0.25) is 0 Å². The predicted octanol–water partition coefficient (Wildman–Crippen LogP) is 6.17. The van der Waals surface area contributed by atoms with E-state index in [4.69, 9.17) is 4.74 Å². The van der Waals surface area contributed by atoms with Gasteiger partial charge in [-0.05, 0) is 92.8 Å². The molecule has 1 aliphatic carbocycles. The first-order valence-electron chi connectivity index (χ1n) is 13.1. The maximum absolute atomic E-state index is 5.39. The average molecular weight is 460 g/mol. The third-order valence-corrected chi connectivity index (χ3v) is 7.30. The number of ether oxygens (including phenoxy) is 1. The normalized spacial score (nSPS) is 17.0. The first-order chi connectivity index (χ1) is 16.8. The molecule has 0 spiro atoms. The highest BCUT2D eigenvalue weighted by Gasteiger charge is 2.26. The molecule has 1 saturated carbocycles. The minimum atomic E-state index is 0.864. The maximum atomic E-state index is 5.39. The number of rotatable bonds is 12. The molecule has 2 fully saturated rings. The van der Waals surface area contributed by atoms with Crippen LogP contribution in [0.3, 0.4) is 0 Å². The van der Waals surface area contributed by atoms with Gasteiger partial charge in [-0.1, -0.05) is 37.3 Å². The predicted molar refractivity (Wildman–Crippen MR) is 141 cm³/mol. The van der Waals surface area contributed by atoms with Crippen molar-refractivity contribution in [1.82, 2.24) is 14.8 Å². The fourth-order valence-electron chi connectivity index (χ4n) is 5.10. The molecular weight excluding hydrogens is 418 g/mol. The lowest BCUT2D eigenvalue weighted by molar-refractivity contribution is 0.168. The summed E-state index contributed by atoms with van der Waals surface area (Å²) in [6.07, 6.45) is 14.4. The Morgan fingerprint density at radius 2 is 1.91 bits per heavy atom. The number of aryl methyl sites for hydroxylation is 1. The average Bonchev–Trinajstić information content (AvgIpc) is 3.73. The summed E-state index contributed by atoms with van der Waals surface area (Å²) in [7, 11) is 1.75. The van der Waals surface area contributed by atoms with E-state index in [-0.39, 0.29) is 0 Å². The summed E-state index contributed by atoms with van der Waals surface area (Å²) >= 11 is 0. The highest BCUT2D eigenvalue weighted by atomic mass is 16.5. The van der Waals surface area contributed by atoms with Gasteiger partial charge in [0.1, 0.15) is 0 Å². The Bertz CT molecular complexity index is 924. The second-order valence-electron chi connectivity index (χ2n) is 9.79. The van der Waals surface area contributed by atoms with E-state index in [1.54, 1.807) is 12.7 Å². The zero-order chi connectivity index (χ0) is 23.6. The molecule has 0 amide bonds. The highest BCUT2D eigenvalue weighted by Crippen LogP contribution is 2.38. The number of aromatic nitrogens is 1. The van der Waals surface area contributed by atoms with Crippen LogP contribution in [-0.2, 0) is 11.2 Å². The van der Waals surface area contributed by atoms with Crippen LogP contribution in [0.4, 0.5) is 0 Å². The Kier molecular flexibility index (Phi) is 9.20. The van der Waals surface area contributed by atoms with E-state index in [0.29, 0.717) is 0 Å². The molecule has 1 aromatic carbocycles. The van der Waals surface area contributed by atoms with Crippen LogP contribution in [0.15, 0.2) is 72.3 Å². The van der Waals surface area contributed by atoms with Gasteiger partial charge in [-0.25, -0.2) is 0 Å². The summed E-state index contributed by atoms with van der Waals surface area (Å²) < 4.78 is 5.39. The number of benzene rings is 1. The molecule has 0 N–H and O–H groups in total. The Balaban J connectivity index is 1.35. The molecule has 4 heteroatoms. The van der Waals surface area contributed by atoms with Crippen LogP contribution >= 0.6 is 0 Å². The van der Waals surface area contributed by atoms with Crippen LogP contribution in [0, 0.1) is 5.92 Å². The van der Waals surface area contributed by atoms with Gasteiger partial charge in [0, 0.05) is 43.3 Å². The molecule has 2 heterocycles. The van der Waals surface area contributed by atoms with Crippen LogP contribution in [0.1, 0.15) is 56.6 Å². The lowest BCUT2D eigenvalue weighted by Crippen LogP contribution is -2.40. The minimum Gasteiger partial charge on any atom is -0.504 e. The molecule has 0 radical (unpaired) electrons. The molecule has 34 heavy (non-hydrogen) atoms. The summed E-state index contributed by atoms with van der Waals surface area (Å²) in [5.41, 5.74) is 7.04. The van der Waals surface area contributed by atoms with Crippen molar-refractivity contribution in [2.45, 2.75) is 51.9 Å². The van der Waals surface area contributed by atoms with Gasteiger partial charge in [-0.3, -0.25) is 4.98 Å². The van der Waals surface area contributed by atoms with Gasteiger partial charge in [0.05, 0.1) is 13.4 Å². The lowest BCUT2D eigenvalue weighted by Gasteiger charge is -2.35. The Labute approximate surface area is 206 Å². The maximum Gasteiger partial charge on any atom is 0.0834 e. The van der Waals surface area contributed by atoms with Gasteiger partial charge in [-0.15, -0.1) is 0 Å². The standard InChI is InChI=1S/C30H41N3O/c1-3-25(24-34-2)23-33(30(28-13-14-28)29-10-7-17-31-22-29)21-20-32-18-15-27(16-19-32)12-11-26-8-5-4-6-9-26/h4-10,17,22,24,27H,3,11-16,18-21,23H2,1-2H3/b25-24+. The van der Waals surface area contributed by atoms with Crippen molar-refractivity contribution >= 4 is 5.70 Å². The van der Waals surface area contributed by atoms with Crippen molar-refractivity contribution in [1.29, 1.82) is 0 Å². The molecule has 0 bridgehead atoms. The summed E-state index contributed by atoms with van der Waals surface area (Å²) in [5, 5.41) is 0. The second-order valence-corrected chi connectivity index (χ2v) is 9.79. The summed E-state index contributed by atoms with van der Waals surface area (Å²) in [6, 6.07) is 15.2. The molecule has 0 unspecified atom stereocenters. The number of hydrogen-bond donors (Lipinski definition) is 0. The van der Waals surface area contributed by atoms with E-state index in [9.17, 15) is 0 Å². The van der Waals surface area contributed by atoms with Gasteiger partial charge < -0.3 is 14.5 Å². The van der Waals surface area contributed by atoms with Crippen molar-refractivity contribution in [2.24, 2.45) is 5.92 Å². The number of methoxy groups -OCH3 is 1. The van der Waals surface area contributed by atoms with Gasteiger partial charge >= 0.3 is 0 Å². The fourth-order valence-corrected chi connectivity index (χ4v) is 5.10. The molecule has 4 rings (SSSR count). The summed E-state index contributed by atoms with van der Waals surface area (Å²) in [5.74, 6) is 0.864. The Hall–Kier alpha value is -2.59. The zero-order valence-electron chi connectivity index (χ0n) is 21.1. The summed E-state index contributed by atoms with van der Waals surface area (Å²) in [6.45, 7) is 7.75. The van der Waals surface area contributed by atoms with Gasteiger partial charge in [-0.2, -0.15) is 0 Å². The van der Waals surface area contributed by atoms with Crippen molar-refractivity contribution in [3.05, 3.63) is 83.4 Å². The van der Waals surface area contributed by atoms with Gasteiger partial charge in [0.15, 0.2) is 0 Å². The summed E-state index contributed by atoms with van der Waals surface area (Å²) in [4.78, 5) is 9.69. The molecule has 1 saturated heterocycles. The molecule has 2 aromatic rings. The third-order valence-electron chi connectivity index (χ3n) is 7.30. The molecule has 1 aliphatic heterocycles. The lowest BCUT2D eigenvalue weighted by atomic mass is 9.90. The molecular formula is C30H41N3O. The first kappa shape index (κ1) is 24.5. The number of nitrogens with zero attached hydrogens (tertiary/aromatic N) is 3. The minimum absolute atomic E-state index is 0.864. The topological polar surface area (TPSA) is 28.6 Å². The van der Waals surface area contributed by atoms with Crippen LogP contribution < -0.4 is 0 Å². The highest BCUT2D eigenvalue weighted by molar-refractivity contribution is 5.69. The molecule has 2 aliphatic rings. The number of pyridine rings is 1. The van der Waals surface area contributed by atoms with Gasteiger partial charge in [0.25, 0.3) is 0 Å². The molecule has 1 aromatic heterocycles. The van der Waals surface area contributed by atoms with E-state index >= 15 is 0 Å². The number of allylic oxidation sites excluding steroid dienone is 1. The number of likely N-dealkylation sites (tertiary alicyclic amines) is 1. The van der Waals surface area contributed by atoms with Crippen molar-refractivity contribution in [3.8, 4) is 0 Å². The van der Waals surface area contributed by atoms with Crippen molar-refractivity contribution in [2.75, 3.05) is 39.8 Å². The molecule has 0 atom stereocenters. The fraction of sp³-hybridized carbons (Fsp3) is 0.500. The van der Waals surface area contributed by atoms with Crippen LogP contribution in [0.25, 0.3) is 5.70 Å². The first-order valence-corrected chi connectivity index (χ1v) is 13.1. The monoisotopic (exact) mass is 459 g/mol. The van der Waals surface area contributed by atoms with E-state index in [2.05, 4.69) is 64.2 Å². The number of hydrogen-bond acceptors (Lipinski definition) is 4. The third kappa shape index (κ3) is 7.20. The van der Waals surface area contributed by atoms with Crippen LogP contribution in [-0.4, -0.2) is 54.6 Å². The van der Waals surface area contributed by atoms with E-state index in [0.717, 1.165) is 32.0 Å². The van der Waals surface area contributed by atoms with E-state index in [1.807, 2.05) is 18.7 Å². The zero-order valence-corrected chi connectivity index (χ0v) is 21.1. The largest absolute Gasteiger partial charge is 0.504 e. The van der Waals surface area contributed by atoms with Crippen molar-refractivity contribution in [3.63, 3.8) is 0 Å². The number of piperidine rings is 1. The van der Waals surface area contributed by atoms with E-state index < -0.39 is 0 Å². The molecule has 182 valence electrons. The Morgan fingerprint density at radius 3 is 2.56 bits per heavy atom. The smallest absolute Gasteiger partial charge is 0.0834 e. The van der Waals surface area contributed by atoms with Crippen LogP contribution in [0.5, 0.6) is 0 Å². The Morgan fingerprint density at radius 1 is 1.12 bits per heavy atom.